The third-order valence-electron chi connectivity index (χ3n) is 4.20. The zero-order valence-electron chi connectivity index (χ0n) is 11.7. The first-order chi connectivity index (χ1) is 8.74. The van der Waals surface area contributed by atoms with Crippen molar-refractivity contribution < 1.29 is 4.42 Å². The molecule has 1 aromatic heterocycles. The number of nitrogens with zero attached hydrogens (tertiary/aromatic N) is 1. The van der Waals surface area contributed by atoms with Gasteiger partial charge < -0.3 is 10.2 Å². The fourth-order valence-electron chi connectivity index (χ4n) is 3.18. The van der Waals surface area contributed by atoms with Crippen LogP contribution in [0, 0.1) is 12.8 Å². The van der Waals surface area contributed by atoms with E-state index in [1.807, 2.05) is 13.0 Å². The van der Waals surface area contributed by atoms with E-state index in [-0.39, 0.29) is 0 Å². The van der Waals surface area contributed by atoms with Gasteiger partial charge in [0.05, 0.1) is 6.54 Å². The summed E-state index contributed by atoms with van der Waals surface area (Å²) in [5.74, 6) is 2.74. The number of hydrogen-bond acceptors (Lipinski definition) is 3. The Kier molecular flexibility index (Phi) is 4.84. The second-order valence-corrected chi connectivity index (χ2v) is 5.42. The molecule has 1 aliphatic rings. The van der Waals surface area contributed by atoms with Crippen molar-refractivity contribution in [2.45, 2.75) is 52.1 Å². The predicted octanol–water partition coefficient (Wildman–Crippen LogP) is 2.93. The SMILES string of the molecule is CCN(Cc1ccc(C)o1)C1CCCCC1CN. The molecule has 0 spiro atoms. The van der Waals surface area contributed by atoms with Crippen molar-refractivity contribution >= 4 is 0 Å². The largest absolute Gasteiger partial charge is 0.465 e. The third-order valence-corrected chi connectivity index (χ3v) is 4.20. The highest BCUT2D eigenvalue weighted by molar-refractivity contribution is 5.05. The van der Waals surface area contributed by atoms with Gasteiger partial charge in [-0.2, -0.15) is 0 Å². The van der Waals surface area contributed by atoms with E-state index in [1.54, 1.807) is 0 Å². The lowest BCUT2D eigenvalue weighted by Crippen LogP contribution is -2.44. The van der Waals surface area contributed by atoms with Crippen LogP contribution in [0.5, 0.6) is 0 Å². The summed E-state index contributed by atoms with van der Waals surface area (Å²) >= 11 is 0. The maximum absolute atomic E-state index is 5.93. The van der Waals surface area contributed by atoms with Gasteiger partial charge in [-0.05, 0) is 50.9 Å². The van der Waals surface area contributed by atoms with E-state index in [2.05, 4.69) is 17.9 Å². The summed E-state index contributed by atoms with van der Waals surface area (Å²) in [5.41, 5.74) is 5.93. The van der Waals surface area contributed by atoms with E-state index in [9.17, 15) is 0 Å². The molecule has 3 heteroatoms. The number of hydrogen-bond donors (Lipinski definition) is 1. The van der Waals surface area contributed by atoms with E-state index in [4.69, 9.17) is 10.2 Å². The maximum atomic E-state index is 5.93. The van der Waals surface area contributed by atoms with Crippen LogP contribution in [0.1, 0.15) is 44.1 Å². The molecule has 18 heavy (non-hydrogen) atoms. The molecule has 2 rings (SSSR count). The minimum atomic E-state index is 0.638. The van der Waals surface area contributed by atoms with Crippen molar-refractivity contribution in [3.63, 3.8) is 0 Å². The van der Waals surface area contributed by atoms with Crippen LogP contribution in [0.3, 0.4) is 0 Å². The van der Waals surface area contributed by atoms with E-state index in [0.717, 1.165) is 31.2 Å². The van der Waals surface area contributed by atoms with Crippen LogP contribution in [-0.4, -0.2) is 24.0 Å². The van der Waals surface area contributed by atoms with Crippen molar-refractivity contribution in [1.82, 2.24) is 4.90 Å². The van der Waals surface area contributed by atoms with Crippen LogP contribution < -0.4 is 5.73 Å². The van der Waals surface area contributed by atoms with E-state index in [1.165, 1.54) is 25.7 Å². The summed E-state index contributed by atoms with van der Waals surface area (Å²) in [4.78, 5) is 2.54. The molecule has 2 atom stereocenters. The Morgan fingerprint density at radius 2 is 2.11 bits per heavy atom. The molecule has 1 aromatic rings. The van der Waals surface area contributed by atoms with Crippen molar-refractivity contribution in [3.8, 4) is 0 Å². The molecule has 3 nitrogen and oxygen atoms in total. The molecule has 0 aromatic carbocycles. The van der Waals surface area contributed by atoms with Gasteiger partial charge in [-0.25, -0.2) is 0 Å². The second-order valence-electron chi connectivity index (χ2n) is 5.42. The average molecular weight is 250 g/mol. The molecule has 0 radical (unpaired) electrons. The summed E-state index contributed by atoms with van der Waals surface area (Å²) < 4.78 is 5.70. The van der Waals surface area contributed by atoms with Crippen LogP contribution >= 0.6 is 0 Å². The van der Waals surface area contributed by atoms with Gasteiger partial charge in [0.25, 0.3) is 0 Å². The van der Waals surface area contributed by atoms with Gasteiger partial charge in [-0.1, -0.05) is 19.8 Å². The van der Waals surface area contributed by atoms with Crippen LogP contribution in [-0.2, 0) is 6.54 Å². The first kappa shape index (κ1) is 13.6. The number of aryl methyl sites for hydroxylation is 1. The van der Waals surface area contributed by atoms with Crippen molar-refractivity contribution in [2.75, 3.05) is 13.1 Å². The monoisotopic (exact) mass is 250 g/mol. The minimum Gasteiger partial charge on any atom is -0.465 e. The van der Waals surface area contributed by atoms with Crippen molar-refractivity contribution in [3.05, 3.63) is 23.7 Å². The minimum absolute atomic E-state index is 0.638. The van der Waals surface area contributed by atoms with Gasteiger partial charge in [0.15, 0.2) is 0 Å². The van der Waals surface area contributed by atoms with Gasteiger partial charge in [-0.3, -0.25) is 4.90 Å². The van der Waals surface area contributed by atoms with E-state index >= 15 is 0 Å². The van der Waals surface area contributed by atoms with Crippen molar-refractivity contribution in [1.29, 1.82) is 0 Å². The van der Waals surface area contributed by atoms with Gasteiger partial charge >= 0.3 is 0 Å². The summed E-state index contributed by atoms with van der Waals surface area (Å²) in [6.07, 6.45) is 5.26. The molecular weight excluding hydrogens is 224 g/mol. The quantitative estimate of drug-likeness (QED) is 0.873. The zero-order valence-corrected chi connectivity index (χ0v) is 11.7. The molecule has 0 bridgehead atoms. The van der Waals surface area contributed by atoms with E-state index in [0.29, 0.717) is 12.0 Å². The molecule has 1 aliphatic carbocycles. The fraction of sp³-hybridized carbons (Fsp3) is 0.733. The van der Waals surface area contributed by atoms with Crippen LogP contribution in [0.25, 0.3) is 0 Å². The highest BCUT2D eigenvalue weighted by atomic mass is 16.3. The number of rotatable bonds is 5. The molecule has 102 valence electrons. The van der Waals surface area contributed by atoms with Crippen molar-refractivity contribution in [2.24, 2.45) is 11.7 Å². The van der Waals surface area contributed by atoms with E-state index < -0.39 is 0 Å². The van der Waals surface area contributed by atoms with Crippen LogP contribution in [0.2, 0.25) is 0 Å². The average Bonchev–Trinajstić information content (AvgIpc) is 2.81. The van der Waals surface area contributed by atoms with Gasteiger partial charge in [0.2, 0.25) is 0 Å². The molecule has 0 aliphatic heterocycles. The van der Waals surface area contributed by atoms with Crippen LogP contribution in [0.15, 0.2) is 16.5 Å². The topological polar surface area (TPSA) is 42.4 Å². The van der Waals surface area contributed by atoms with Gasteiger partial charge in [0.1, 0.15) is 11.5 Å². The highest BCUT2D eigenvalue weighted by Crippen LogP contribution is 2.29. The molecule has 1 fully saturated rings. The Morgan fingerprint density at radius 1 is 1.33 bits per heavy atom. The Bertz CT molecular complexity index is 361. The Labute approximate surface area is 110 Å². The Morgan fingerprint density at radius 3 is 2.72 bits per heavy atom. The number of furan rings is 1. The van der Waals surface area contributed by atoms with Gasteiger partial charge in [0, 0.05) is 6.04 Å². The zero-order chi connectivity index (χ0) is 13.0. The molecule has 0 amide bonds. The second kappa shape index (κ2) is 6.39. The summed E-state index contributed by atoms with van der Waals surface area (Å²) in [6, 6.07) is 4.78. The number of nitrogens with two attached hydrogens (primary N) is 1. The lowest BCUT2D eigenvalue weighted by atomic mass is 9.83. The van der Waals surface area contributed by atoms with Gasteiger partial charge in [-0.15, -0.1) is 0 Å². The summed E-state index contributed by atoms with van der Waals surface area (Å²) in [6.45, 7) is 7.05. The highest BCUT2D eigenvalue weighted by Gasteiger charge is 2.28. The maximum Gasteiger partial charge on any atom is 0.118 e. The first-order valence-corrected chi connectivity index (χ1v) is 7.24. The summed E-state index contributed by atoms with van der Waals surface area (Å²) in [7, 11) is 0. The predicted molar refractivity (Wildman–Crippen MR) is 74.3 cm³/mol. The molecule has 1 saturated carbocycles. The molecule has 2 N–H and O–H groups in total. The molecular formula is C15H26N2O. The third kappa shape index (κ3) is 3.15. The molecule has 0 saturated heterocycles. The lowest BCUT2D eigenvalue weighted by Gasteiger charge is -2.38. The molecule has 1 heterocycles. The lowest BCUT2D eigenvalue weighted by molar-refractivity contribution is 0.0981. The Hall–Kier alpha value is -0.800. The first-order valence-electron chi connectivity index (χ1n) is 7.24. The molecule has 2 unspecified atom stereocenters. The standard InChI is InChI=1S/C15H26N2O/c1-3-17(11-14-9-8-12(2)18-14)15-7-5-4-6-13(15)10-16/h8-9,13,15H,3-7,10-11,16H2,1-2H3. The normalized spacial score (nSPS) is 24.7. The fourth-order valence-corrected chi connectivity index (χ4v) is 3.18. The summed E-state index contributed by atoms with van der Waals surface area (Å²) in [5, 5.41) is 0. The Balaban J connectivity index is 2.02. The smallest absolute Gasteiger partial charge is 0.118 e. The van der Waals surface area contributed by atoms with Crippen LogP contribution in [0.4, 0.5) is 0 Å².